The fourth-order valence-corrected chi connectivity index (χ4v) is 0.984. The predicted octanol–water partition coefficient (Wildman–Crippen LogP) is 0.936. The Bertz CT molecular complexity index is 356. The van der Waals surface area contributed by atoms with E-state index in [0.717, 1.165) is 0 Å². The second-order valence-corrected chi connectivity index (χ2v) is 2.79. The zero-order valence-corrected chi connectivity index (χ0v) is 7.64. The van der Waals surface area contributed by atoms with Crippen LogP contribution in [0.5, 0.6) is 0 Å². The van der Waals surface area contributed by atoms with Crippen LogP contribution in [-0.2, 0) is 11.2 Å². The Morgan fingerprint density at radius 1 is 1.36 bits per heavy atom. The van der Waals surface area contributed by atoms with Gasteiger partial charge in [0.15, 0.2) is 0 Å². The van der Waals surface area contributed by atoms with E-state index in [1.807, 2.05) is 0 Å². The molecule has 0 atom stereocenters. The van der Waals surface area contributed by atoms with Crippen molar-refractivity contribution in [3.05, 3.63) is 35.6 Å². The fourth-order valence-electron chi connectivity index (χ4n) is 0.984. The Hall–Kier alpha value is -1.91. The second-order valence-electron chi connectivity index (χ2n) is 2.79. The monoisotopic (exact) mass is 194 g/mol. The molecule has 1 rings (SSSR count). The van der Waals surface area contributed by atoms with Crippen LogP contribution in [0.2, 0.25) is 0 Å². The molecule has 0 aromatic carbocycles. The van der Waals surface area contributed by atoms with Crippen molar-refractivity contribution in [1.82, 2.24) is 9.97 Å². The zero-order valence-electron chi connectivity index (χ0n) is 7.64. The SMILES string of the molecule is CC(O)=C(Cc1cncnc1)C(=O)O. The third-order valence-corrected chi connectivity index (χ3v) is 1.69. The molecule has 1 aromatic rings. The highest BCUT2D eigenvalue weighted by molar-refractivity contribution is 5.87. The first-order valence-electron chi connectivity index (χ1n) is 3.97. The lowest BCUT2D eigenvalue weighted by Gasteiger charge is -2.02. The largest absolute Gasteiger partial charge is 0.512 e. The van der Waals surface area contributed by atoms with Gasteiger partial charge in [0.2, 0.25) is 0 Å². The van der Waals surface area contributed by atoms with Crippen molar-refractivity contribution in [2.24, 2.45) is 0 Å². The number of aliphatic carboxylic acids is 1. The number of allylic oxidation sites excluding steroid dienone is 1. The molecule has 14 heavy (non-hydrogen) atoms. The standard InChI is InChI=1S/C9H10N2O3/c1-6(12)8(9(13)14)2-7-3-10-5-11-4-7/h3-5,12H,2H2,1H3,(H,13,14). The van der Waals surface area contributed by atoms with Crippen molar-refractivity contribution in [1.29, 1.82) is 0 Å². The molecule has 2 N–H and O–H groups in total. The first kappa shape index (κ1) is 10.2. The van der Waals surface area contributed by atoms with Crippen LogP contribution >= 0.6 is 0 Å². The minimum Gasteiger partial charge on any atom is -0.512 e. The summed E-state index contributed by atoms with van der Waals surface area (Å²) in [6.07, 6.45) is 4.51. The van der Waals surface area contributed by atoms with Crippen LogP contribution in [0.25, 0.3) is 0 Å². The van der Waals surface area contributed by atoms with Gasteiger partial charge in [0.1, 0.15) is 6.33 Å². The van der Waals surface area contributed by atoms with Gasteiger partial charge in [-0.25, -0.2) is 14.8 Å². The molecule has 5 heteroatoms. The van der Waals surface area contributed by atoms with Crippen LogP contribution in [0, 0.1) is 0 Å². The van der Waals surface area contributed by atoms with E-state index in [-0.39, 0.29) is 17.8 Å². The summed E-state index contributed by atoms with van der Waals surface area (Å²) in [5.74, 6) is -1.32. The lowest BCUT2D eigenvalue weighted by atomic mass is 10.1. The topological polar surface area (TPSA) is 83.3 Å². The van der Waals surface area contributed by atoms with Gasteiger partial charge in [-0.3, -0.25) is 0 Å². The molecule has 0 aliphatic carbocycles. The maximum absolute atomic E-state index is 10.7. The average molecular weight is 194 g/mol. The summed E-state index contributed by atoms with van der Waals surface area (Å²) in [5, 5.41) is 17.8. The summed E-state index contributed by atoms with van der Waals surface area (Å²) in [6.45, 7) is 1.34. The zero-order chi connectivity index (χ0) is 10.6. The third kappa shape index (κ3) is 2.55. The molecule has 0 bridgehead atoms. The number of carboxylic acids is 1. The smallest absolute Gasteiger partial charge is 0.335 e. The van der Waals surface area contributed by atoms with E-state index in [0.29, 0.717) is 5.56 Å². The lowest BCUT2D eigenvalue weighted by Crippen LogP contribution is -2.07. The number of hydrogen-bond acceptors (Lipinski definition) is 4. The number of rotatable bonds is 3. The summed E-state index contributed by atoms with van der Waals surface area (Å²) >= 11 is 0. The number of aliphatic hydroxyl groups is 1. The lowest BCUT2D eigenvalue weighted by molar-refractivity contribution is -0.132. The molecule has 0 unspecified atom stereocenters. The number of nitrogens with zero attached hydrogens (tertiary/aromatic N) is 2. The fraction of sp³-hybridized carbons (Fsp3) is 0.222. The van der Waals surface area contributed by atoms with Gasteiger partial charge in [0.25, 0.3) is 0 Å². The average Bonchev–Trinajstić information content (AvgIpc) is 2.15. The summed E-state index contributed by atoms with van der Waals surface area (Å²) in [6, 6.07) is 0. The highest BCUT2D eigenvalue weighted by atomic mass is 16.4. The molecule has 1 aromatic heterocycles. The van der Waals surface area contributed by atoms with Crippen LogP contribution in [0.15, 0.2) is 30.1 Å². The number of aliphatic hydroxyl groups excluding tert-OH is 1. The molecule has 0 spiro atoms. The second kappa shape index (κ2) is 4.36. The van der Waals surface area contributed by atoms with Crippen molar-refractivity contribution in [2.75, 3.05) is 0 Å². The van der Waals surface area contributed by atoms with E-state index < -0.39 is 5.97 Å². The van der Waals surface area contributed by atoms with Gasteiger partial charge in [-0.2, -0.15) is 0 Å². The Morgan fingerprint density at radius 2 is 1.93 bits per heavy atom. The van der Waals surface area contributed by atoms with E-state index in [4.69, 9.17) is 10.2 Å². The molecule has 74 valence electrons. The number of aromatic nitrogens is 2. The van der Waals surface area contributed by atoms with Crippen molar-refractivity contribution < 1.29 is 15.0 Å². The van der Waals surface area contributed by atoms with Gasteiger partial charge < -0.3 is 10.2 Å². The first-order chi connectivity index (χ1) is 6.61. The summed E-state index contributed by atoms with van der Waals surface area (Å²) in [5.41, 5.74) is 0.609. The number of carboxylic acid groups (broad SMARTS) is 1. The molecular weight excluding hydrogens is 184 g/mol. The van der Waals surface area contributed by atoms with E-state index in [9.17, 15) is 4.79 Å². The minimum atomic E-state index is -1.13. The van der Waals surface area contributed by atoms with Crippen molar-refractivity contribution >= 4 is 5.97 Å². The summed E-state index contributed by atoms with van der Waals surface area (Å²) in [7, 11) is 0. The first-order valence-corrected chi connectivity index (χ1v) is 3.97. The molecule has 0 aliphatic heterocycles. The Labute approximate surface area is 80.8 Å². The van der Waals surface area contributed by atoms with Crippen LogP contribution in [0.3, 0.4) is 0 Å². The predicted molar refractivity (Wildman–Crippen MR) is 48.7 cm³/mol. The molecule has 0 amide bonds. The summed E-state index contributed by atoms with van der Waals surface area (Å²) < 4.78 is 0. The van der Waals surface area contributed by atoms with Crippen LogP contribution in [0.1, 0.15) is 12.5 Å². The van der Waals surface area contributed by atoms with Crippen molar-refractivity contribution in [2.45, 2.75) is 13.3 Å². The minimum absolute atomic E-state index is 0.0419. The van der Waals surface area contributed by atoms with Crippen molar-refractivity contribution in [3.8, 4) is 0 Å². The molecule has 0 radical (unpaired) electrons. The quantitative estimate of drug-likeness (QED) is 0.552. The van der Waals surface area contributed by atoms with Gasteiger partial charge in [-0.15, -0.1) is 0 Å². The highest BCUT2D eigenvalue weighted by Crippen LogP contribution is 2.09. The Morgan fingerprint density at radius 3 is 2.36 bits per heavy atom. The van der Waals surface area contributed by atoms with Gasteiger partial charge in [-0.05, 0) is 12.5 Å². The van der Waals surface area contributed by atoms with Gasteiger partial charge in [0, 0.05) is 18.8 Å². The van der Waals surface area contributed by atoms with Gasteiger partial charge in [-0.1, -0.05) is 0 Å². The van der Waals surface area contributed by atoms with Crippen LogP contribution in [-0.4, -0.2) is 26.2 Å². The van der Waals surface area contributed by atoms with E-state index in [1.165, 1.54) is 25.6 Å². The molecular formula is C9H10N2O3. The number of hydrogen-bond donors (Lipinski definition) is 2. The normalized spacial score (nSPS) is 12.1. The van der Waals surface area contributed by atoms with E-state index in [2.05, 4.69) is 9.97 Å². The van der Waals surface area contributed by atoms with Crippen LogP contribution < -0.4 is 0 Å². The van der Waals surface area contributed by atoms with E-state index >= 15 is 0 Å². The molecule has 0 saturated heterocycles. The molecule has 5 nitrogen and oxygen atoms in total. The highest BCUT2D eigenvalue weighted by Gasteiger charge is 2.12. The van der Waals surface area contributed by atoms with Gasteiger partial charge in [0.05, 0.1) is 11.3 Å². The molecule has 0 fully saturated rings. The molecule has 0 aliphatic rings. The maximum Gasteiger partial charge on any atom is 0.335 e. The number of carbonyl (C=O) groups is 1. The summed E-state index contributed by atoms with van der Waals surface area (Å²) in [4.78, 5) is 18.2. The molecule has 0 saturated carbocycles. The van der Waals surface area contributed by atoms with Gasteiger partial charge >= 0.3 is 5.97 Å². The third-order valence-electron chi connectivity index (χ3n) is 1.69. The van der Waals surface area contributed by atoms with Crippen LogP contribution in [0.4, 0.5) is 0 Å². The maximum atomic E-state index is 10.7. The van der Waals surface area contributed by atoms with Crippen molar-refractivity contribution in [3.63, 3.8) is 0 Å². The van der Waals surface area contributed by atoms with E-state index in [1.54, 1.807) is 0 Å². The molecule has 1 heterocycles. The Kier molecular flexibility index (Phi) is 3.17. The Balaban J connectivity index is 2.87.